The van der Waals surface area contributed by atoms with Crippen molar-refractivity contribution in [1.82, 2.24) is 14.4 Å². The van der Waals surface area contributed by atoms with Crippen LogP contribution in [-0.2, 0) is 22.9 Å². The maximum Gasteiger partial charge on any atom is 0.258 e. The normalized spacial score (nSPS) is 18.1. The molecule has 2 aromatic carbocycles. The van der Waals surface area contributed by atoms with Gasteiger partial charge in [0.05, 0.1) is 4.90 Å². The van der Waals surface area contributed by atoms with Crippen LogP contribution in [0.15, 0.2) is 51.9 Å². The highest BCUT2D eigenvalue weighted by atomic mass is 32.2. The fourth-order valence-corrected chi connectivity index (χ4v) is 6.03. The smallest absolute Gasteiger partial charge is 0.258 e. The zero-order valence-corrected chi connectivity index (χ0v) is 17.9. The molecule has 5 rings (SSSR count). The van der Waals surface area contributed by atoms with E-state index < -0.39 is 10.0 Å². The molecule has 0 radical (unpaired) electrons. The third kappa shape index (κ3) is 4.02. The molecule has 0 bridgehead atoms. The highest BCUT2D eigenvalue weighted by molar-refractivity contribution is 7.89. The van der Waals surface area contributed by atoms with Crippen LogP contribution in [0.2, 0.25) is 0 Å². The molecule has 2 aliphatic rings. The molecule has 0 spiro atoms. The molecule has 8 heteroatoms. The number of aromatic nitrogens is 2. The molecule has 31 heavy (non-hydrogen) atoms. The van der Waals surface area contributed by atoms with E-state index in [0.29, 0.717) is 42.2 Å². The van der Waals surface area contributed by atoms with E-state index in [1.165, 1.54) is 29.7 Å². The van der Waals surface area contributed by atoms with E-state index in [9.17, 15) is 12.8 Å². The van der Waals surface area contributed by atoms with E-state index >= 15 is 0 Å². The molecule has 0 atom stereocenters. The van der Waals surface area contributed by atoms with E-state index in [0.717, 1.165) is 19.3 Å². The summed E-state index contributed by atoms with van der Waals surface area (Å²) in [6.07, 6.45) is 5.50. The zero-order chi connectivity index (χ0) is 21.4. The van der Waals surface area contributed by atoms with Crippen LogP contribution in [0.25, 0.3) is 11.5 Å². The highest BCUT2D eigenvalue weighted by Crippen LogP contribution is 2.32. The van der Waals surface area contributed by atoms with E-state index in [-0.39, 0.29) is 17.6 Å². The van der Waals surface area contributed by atoms with Gasteiger partial charge in [-0.1, -0.05) is 17.3 Å². The Hall–Kier alpha value is -2.58. The second kappa shape index (κ2) is 8.16. The molecule has 0 N–H and O–H groups in total. The Morgan fingerprint density at radius 1 is 1.00 bits per heavy atom. The van der Waals surface area contributed by atoms with Crippen molar-refractivity contribution >= 4 is 10.0 Å². The summed E-state index contributed by atoms with van der Waals surface area (Å²) < 4.78 is 46.7. The molecule has 1 saturated heterocycles. The van der Waals surface area contributed by atoms with Crippen LogP contribution in [0.3, 0.4) is 0 Å². The lowest BCUT2D eigenvalue weighted by molar-refractivity contribution is 0.307. The first-order chi connectivity index (χ1) is 15.0. The number of benzene rings is 2. The zero-order valence-electron chi connectivity index (χ0n) is 17.1. The van der Waals surface area contributed by atoms with Gasteiger partial charge in [-0.25, -0.2) is 12.8 Å². The van der Waals surface area contributed by atoms with Gasteiger partial charge in [-0.15, -0.1) is 0 Å². The Kier molecular flexibility index (Phi) is 5.35. The first kappa shape index (κ1) is 20.3. The van der Waals surface area contributed by atoms with E-state index in [1.54, 1.807) is 22.5 Å². The first-order valence-electron chi connectivity index (χ1n) is 10.7. The Morgan fingerprint density at radius 2 is 1.77 bits per heavy atom. The summed E-state index contributed by atoms with van der Waals surface area (Å²) in [5, 5.41) is 4.06. The number of aryl methyl sites for hydroxylation is 2. The van der Waals surface area contributed by atoms with Crippen LogP contribution in [0, 0.1) is 5.82 Å². The van der Waals surface area contributed by atoms with Crippen molar-refractivity contribution in [3.8, 4) is 11.5 Å². The number of sulfonamides is 1. The van der Waals surface area contributed by atoms with E-state index in [2.05, 4.69) is 10.1 Å². The van der Waals surface area contributed by atoms with Crippen molar-refractivity contribution in [3.05, 3.63) is 65.2 Å². The molecule has 1 aliphatic carbocycles. The molecule has 0 amide bonds. The van der Waals surface area contributed by atoms with Crippen LogP contribution in [0.5, 0.6) is 0 Å². The van der Waals surface area contributed by atoms with Crippen LogP contribution in [0.1, 0.15) is 48.6 Å². The van der Waals surface area contributed by atoms with E-state index in [4.69, 9.17) is 4.52 Å². The second-order valence-electron chi connectivity index (χ2n) is 8.28. The lowest BCUT2D eigenvalue weighted by atomic mass is 9.92. The maximum absolute atomic E-state index is 13.4. The fourth-order valence-electron chi connectivity index (χ4n) is 4.51. The minimum absolute atomic E-state index is 0.0149. The summed E-state index contributed by atoms with van der Waals surface area (Å²) >= 11 is 0. The number of fused-ring (bicyclic) bond motifs is 1. The number of halogens is 1. The van der Waals surface area contributed by atoms with Crippen LogP contribution < -0.4 is 0 Å². The third-order valence-electron chi connectivity index (χ3n) is 6.29. The number of piperidine rings is 1. The molecule has 0 saturated carbocycles. The van der Waals surface area contributed by atoms with Crippen LogP contribution >= 0.6 is 0 Å². The van der Waals surface area contributed by atoms with Gasteiger partial charge in [0, 0.05) is 24.6 Å². The van der Waals surface area contributed by atoms with Crippen molar-refractivity contribution in [1.29, 1.82) is 0 Å². The van der Waals surface area contributed by atoms with Gasteiger partial charge in [0.15, 0.2) is 5.82 Å². The quantitative estimate of drug-likeness (QED) is 0.603. The monoisotopic (exact) mass is 441 g/mol. The standard InChI is InChI=1S/C23H24FN3O3S/c24-20-7-3-6-19(14-20)23-25-22(26-30-23)17-10-12-27(13-11-17)31(28,29)21-9-8-16-4-1-2-5-18(16)15-21/h3,6-9,14-15,17H,1-2,4-5,10-13H2. The number of nitrogens with zero attached hydrogens (tertiary/aromatic N) is 3. The Morgan fingerprint density at radius 3 is 2.55 bits per heavy atom. The molecule has 1 fully saturated rings. The minimum Gasteiger partial charge on any atom is -0.334 e. The summed E-state index contributed by atoms with van der Waals surface area (Å²) in [6, 6.07) is 11.6. The predicted molar refractivity (Wildman–Crippen MR) is 114 cm³/mol. The van der Waals surface area contributed by atoms with Crippen LogP contribution in [0.4, 0.5) is 4.39 Å². The summed E-state index contributed by atoms with van der Waals surface area (Å²) in [6.45, 7) is 0.821. The van der Waals surface area contributed by atoms with Crippen LogP contribution in [-0.4, -0.2) is 36.0 Å². The molecule has 2 heterocycles. The van der Waals surface area contributed by atoms with E-state index in [1.807, 2.05) is 12.1 Å². The van der Waals surface area contributed by atoms with Crippen molar-refractivity contribution in [2.75, 3.05) is 13.1 Å². The third-order valence-corrected chi connectivity index (χ3v) is 8.18. The Labute approximate surface area is 181 Å². The van der Waals surface area contributed by atoms with Gasteiger partial charge < -0.3 is 4.52 Å². The summed E-state index contributed by atoms with van der Waals surface area (Å²) in [7, 11) is -3.52. The van der Waals surface area contributed by atoms with Gasteiger partial charge in [0.1, 0.15) is 5.82 Å². The number of hydrogen-bond donors (Lipinski definition) is 0. The van der Waals surface area contributed by atoms with Crippen molar-refractivity contribution in [2.45, 2.75) is 49.3 Å². The molecule has 0 unspecified atom stereocenters. The fraction of sp³-hybridized carbons (Fsp3) is 0.391. The Bertz CT molecular complexity index is 1200. The topological polar surface area (TPSA) is 76.3 Å². The average molecular weight is 442 g/mol. The second-order valence-corrected chi connectivity index (χ2v) is 10.2. The lowest BCUT2D eigenvalue weighted by Gasteiger charge is -2.30. The first-order valence-corrected chi connectivity index (χ1v) is 12.2. The molecule has 162 valence electrons. The SMILES string of the molecule is O=S(=O)(c1ccc2c(c1)CCCC2)N1CCC(c2noc(-c3cccc(F)c3)n2)CC1. The Balaban J connectivity index is 1.28. The molecule has 1 aliphatic heterocycles. The van der Waals surface area contributed by atoms with Crippen molar-refractivity contribution in [3.63, 3.8) is 0 Å². The molecule has 1 aromatic heterocycles. The molecular formula is C23H24FN3O3S. The van der Waals surface area contributed by atoms with Gasteiger partial charge >= 0.3 is 0 Å². The van der Waals surface area contributed by atoms with Crippen molar-refractivity contribution in [2.24, 2.45) is 0 Å². The summed E-state index contributed by atoms with van der Waals surface area (Å²) in [5.74, 6) is 0.475. The molecule has 3 aromatic rings. The molecular weight excluding hydrogens is 417 g/mol. The minimum atomic E-state index is -3.52. The van der Waals surface area contributed by atoms with Gasteiger partial charge in [-0.2, -0.15) is 9.29 Å². The van der Waals surface area contributed by atoms with Gasteiger partial charge in [-0.05, 0) is 80.0 Å². The number of rotatable bonds is 4. The summed E-state index contributed by atoms with van der Waals surface area (Å²) in [5.41, 5.74) is 2.97. The largest absolute Gasteiger partial charge is 0.334 e. The van der Waals surface area contributed by atoms with Gasteiger partial charge in [0.2, 0.25) is 10.0 Å². The number of hydrogen-bond acceptors (Lipinski definition) is 5. The van der Waals surface area contributed by atoms with Gasteiger partial charge in [-0.3, -0.25) is 0 Å². The highest BCUT2D eigenvalue weighted by Gasteiger charge is 2.32. The molecule has 6 nitrogen and oxygen atoms in total. The lowest BCUT2D eigenvalue weighted by Crippen LogP contribution is -2.38. The predicted octanol–water partition coefficient (Wildman–Crippen LogP) is 4.32. The summed E-state index contributed by atoms with van der Waals surface area (Å²) in [4.78, 5) is 4.81. The average Bonchev–Trinajstić information content (AvgIpc) is 3.29. The van der Waals surface area contributed by atoms with Crippen molar-refractivity contribution < 1.29 is 17.3 Å². The maximum atomic E-state index is 13.4. The van der Waals surface area contributed by atoms with Gasteiger partial charge in [0.25, 0.3) is 5.89 Å².